The van der Waals surface area contributed by atoms with Gasteiger partial charge in [-0.05, 0) is 141 Å². The number of aryl methyl sites for hydroxylation is 3. The van der Waals surface area contributed by atoms with E-state index >= 15 is 0 Å². The second kappa shape index (κ2) is 52.0. The number of benzene rings is 1. The van der Waals surface area contributed by atoms with E-state index in [-0.39, 0.29) is 125 Å². The molecule has 1 unspecified atom stereocenters. The number of aromatic amines is 3. The number of ether oxygens (including phenoxy) is 16. The Morgan fingerprint density at radius 2 is 0.848 bits per heavy atom. The van der Waals surface area contributed by atoms with Gasteiger partial charge >= 0.3 is 64.5 Å². The number of esters is 3. The maximum absolute atomic E-state index is 14.4. The van der Waals surface area contributed by atoms with E-state index in [4.69, 9.17) is 80.9 Å². The van der Waals surface area contributed by atoms with Gasteiger partial charge in [-0.15, -0.1) is 0 Å². The van der Waals surface area contributed by atoms with Crippen LogP contribution in [0, 0.1) is 56.3 Å². The smallest absolute Gasteiger partial charge is 1.00 e. The summed E-state index contributed by atoms with van der Waals surface area (Å²) in [7, 11) is -17.7. The summed E-state index contributed by atoms with van der Waals surface area (Å²) in [6.07, 6.45) is -13.0. The number of carbonyl (C=O) groups is 3. The Balaban J connectivity index is 0.000000444. The van der Waals surface area contributed by atoms with E-state index in [1.54, 1.807) is 41.5 Å². The second-order valence-electron chi connectivity index (χ2n) is 40.1. The zero-order valence-corrected chi connectivity index (χ0v) is 93.8. The van der Waals surface area contributed by atoms with E-state index in [1.807, 2.05) is 65.0 Å². The molecule has 0 amide bonds. The predicted molar refractivity (Wildman–Crippen MR) is 512 cm³/mol. The molecule has 3 aromatic heterocycles. The average Bonchev–Trinajstić information content (AvgIpc) is 1.63. The minimum atomic E-state index is -3.75. The molecule has 9 aliphatic rings. The van der Waals surface area contributed by atoms with Crippen molar-refractivity contribution in [2.45, 2.75) is 334 Å². The van der Waals surface area contributed by atoms with Crippen LogP contribution in [0.3, 0.4) is 0 Å². The minimum Gasteiger partial charge on any atom is -1.00 e. The van der Waals surface area contributed by atoms with Crippen molar-refractivity contribution < 1.29 is 198 Å². The molecule has 0 spiro atoms. The van der Waals surface area contributed by atoms with Crippen molar-refractivity contribution in [1.29, 1.82) is 0 Å². The maximum Gasteiger partial charge on any atom is 1.00 e. The van der Waals surface area contributed by atoms with Gasteiger partial charge in [0.15, 0.2) is 60.9 Å². The van der Waals surface area contributed by atoms with Crippen LogP contribution in [-0.4, -0.2) is 283 Å². The number of hydrogen-bond acceptors (Lipinski definition) is 32. The molecule has 38 nitrogen and oxygen atoms in total. The molecule has 24 atom stereocenters. The zero-order valence-electron chi connectivity index (χ0n) is 88.3. The molecule has 9 aliphatic heterocycles. The molecule has 0 saturated carbocycles. The summed E-state index contributed by atoms with van der Waals surface area (Å²) in [6.45, 7) is 42.1. The van der Waals surface area contributed by atoms with E-state index in [0.29, 0.717) is 17.6 Å². The minimum absolute atomic E-state index is 0. The van der Waals surface area contributed by atoms with Gasteiger partial charge in [-0.1, -0.05) is 78.8 Å². The topological polar surface area (TPSA) is 489 Å². The number of aromatic nitrogens is 6. The maximum atomic E-state index is 14.4. The number of fused-ring (bicyclic) bond motifs is 3. The third-order valence-corrected chi connectivity index (χ3v) is 32.9. The Hall–Kier alpha value is -5.42. The van der Waals surface area contributed by atoms with Crippen LogP contribution in [-0.2, 0) is 126 Å². The molecule has 55 heteroatoms. The van der Waals surface area contributed by atoms with E-state index in [2.05, 4.69) is 28.8 Å². The molecule has 3 radical (unpaired) electrons. The summed E-state index contributed by atoms with van der Waals surface area (Å²) in [5.41, 5.74) is -15.4. The number of carbonyl (C=O) groups excluding carboxylic acids is 3. The molecule has 9 saturated heterocycles. The van der Waals surface area contributed by atoms with Crippen molar-refractivity contribution in [3.63, 3.8) is 0 Å². The van der Waals surface area contributed by atoms with Gasteiger partial charge in [0, 0.05) is 126 Å². The van der Waals surface area contributed by atoms with Crippen LogP contribution in [0.2, 0.25) is 0 Å². The first kappa shape index (κ1) is 132. The number of H-pyrrole nitrogens is 3. The standard InChI is InChI=1S/C22H29F2N2O6P.C16H23F2N2O6P.C13H21F2O6P.C12H21F2O4P.C10H18O3.C9H16O4.C5H6N2O2.C3H7F2OP.B.Na.H/c1-14-11-25(20-18(27)15(2)17(32-20)10-22(23,24)33(3,4)30)21(29)26(19(14)28)13-31-12-16-8-6-5-7-9-16;1-8-7-20(15(23)19-13(8)22)14-12(25-10(3)21)9(2)11(26-14)6-16(17,18)27(4,5)24;1-7-10(6-13(14,15)22(4,5)18)21-12(20-9(3)17)11(7)19-8(2)16;1-7-8(6-12(13,14)19(4,5)15)16-10-9(7)17-11(2,3)18-10;1-5-7-6(2)8-9(11-7)13-10(3,4)12-8;1-5-6(4-10)11-8-7(5)12-9(2,3)13-8;1-3-2-6-5(9)7-4(3)8;1-7(2,6)3(4)5;;;/h5-9,11,15,17-18,20,27H,10,12-13H2,1-4H3;7,9,11-12,14H,6H2,1-5H3,(H,19,22,23);7,10-12H,6H2,1-5H3;7-10H,6H2,1-5H3;6-9H,5H2,1-4H3;5-8,10H,4H2,1-3H3;2H,1H3,(H2,6,7,8,9);3H,1-2H3;;;/q;;;;;;;;;+1;-1/t15-,17-,18-,20-;9-,11-,12-,14-;7-,10-,11-,12?;7-,8-,9-,10-;6-,7-,8-,9-;5-,6-,7-,8-;;;;;/m111111...../s1. The number of aliphatic hydroxyl groups excluding tert-OH is 2. The fourth-order valence-electron chi connectivity index (χ4n) is 15.7. The summed E-state index contributed by atoms with van der Waals surface area (Å²) in [5.74, 6) is -5.43. The fourth-order valence-corrected chi connectivity index (χ4v) is 18.2. The number of nitrogens with zero attached hydrogens (tertiary/aromatic N) is 3. The average molecular weight is 2200 g/mol. The molecular weight excluding hydrogens is 2060 g/mol. The molecule has 9 fully saturated rings. The van der Waals surface area contributed by atoms with Gasteiger partial charge in [-0.2, -0.15) is 35.1 Å². The van der Waals surface area contributed by atoms with Crippen molar-refractivity contribution in [3.8, 4) is 0 Å². The predicted octanol–water partition coefficient (Wildman–Crippen LogP) is 10.8. The van der Waals surface area contributed by atoms with E-state index in [9.17, 15) is 115 Å². The molecule has 1 aromatic carbocycles. The first-order chi connectivity index (χ1) is 65.1. The molecule has 0 aliphatic carbocycles. The normalized spacial score (nSPS) is 29.6. The van der Waals surface area contributed by atoms with Crippen molar-refractivity contribution in [3.05, 3.63) is 134 Å². The Kier molecular flexibility index (Phi) is 47.3. The first-order valence-corrected chi connectivity index (χ1v) is 59.0. The molecule has 12 heterocycles. The summed E-state index contributed by atoms with van der Waals surface area (Å²) >= 11 is 0. The SMILES string of the molecule is CC(=O)OC1O[C@H](CC(F)(F)P(C)(C)=O)[C@@H](C)[C@H]1OC(C)=O.CC(=O)O[C@@H]1[C@H](C)[C@@H](CC(F)(F)P(C)(C)=O)O[C@H]1n1cc(C)c(=O)[nH]c1=O.CC[C@H]1O[C@@H]2OC(C)(C)O[C@@H]2[C@@H]1C.CP(C)(=O)C(F)F.C[C@H]1[C@H]2OC(C)(C)O[C@H]2O[C@@H]1CC(F)(F)P(C)(C)=O.C[C@H]1[C@H]2OC(C)(C)O[C@H]2O[C@@H]1CO.Cc1c[nH]c(=O)[nH]c1=O.Cc1cn([C@@H]2O[C@H](CC(F)(F)P(C)(C)=O)[C@@H](C)[C@H]2O)c(=O)n(COCc2ccccc2)c1=O.[B].[H-].[Na+]. The molecular formula is C90H142BF10N6NaO32P5. The summed E-state index contributed by atoms with van der Waals surface area (Å²) in [6, 6.07) is 9.19. The molecule has 145 heavy (non-hydrogen) atoms. The van der Waals surface area contributed by atoms with E-state index in [1.165, 1.54) is 39.4 Å². The van der Waals surface area contributed by atoms with Gasteiger partial charge in [-0.25, -0.2) is 27.7 Å². The molecule has 4 aromatic rings. The van der Waals surface area contributed by atoms with Gasteiger partial charge in [-0.3, -0.25) is 47.9 Å². The third kappa shape index (κ3) is 35.6. The number of halogens is 10. The van der Waals surface area contributed by atoms with Crippen molar-refractivity contribution in [2.75, 3.05) is 73.3 Å². The largest absolute Gasteiger partial charge is 1.00 e. The van der Waals surface area contributed by atoms with Crippen molar-refractivity contribution in [1.82, 2.24) is 28.7 Å². The van der Waals surface area contributed by atoms with Gasteiger partial charge in [0.05, 0.1) is 49.8 Å². The van der Waals surface area contributed by atoms with Crippen LogP contribution in [0.1, 0.15) is 179 Å². The second-order valence-corrected chi connectivity index (χ2v) is 56.8. The van der Waals surface area contributed by atoms with Crippen LogP contribution < -0.4 is 63.3 Å². The summed E-state index contributed by atoms with van der Waals surface area (Å²) in [5, 5.41) is 19.6. The van der Waals surface area contributed by atoms with Crippen LogP contribution in [0.4, 0.5) is 43.9 Å². The number of hydrogen-bond donors (Lipinski definition) is 5. The molecule has 13 rings (SSSR count). The van der Waals surface area contributed by atoms with Gasteiger partial charge in [0.25, 0.3) is 45.5 Å². The third-order valence-electron chi connectivity index (χ3n) is 24.9. The first-order valence-electron chi connectivity index (χ1n) is 46.0. The van der Waals surface area contributed by atoms with Gasteiger partial charge in [0.2, 0.25) is 6.29 Å². The Labute approximate surface area is 860 Å². The summed E-state index contributed by atoms with van der Waals surface area (Å²) in [4.78, 5) is 110. The van der Waals surface area contributed by atoms with Gasteiger partial charge < -0.3 is 115 Å². The van der Waals surface area contributed by atoms with Crippen LogP contribution in [0.15, 0.2) is 77.7 Å². The Morgan fingerprint density at radius 3 is 1.23 bits per heavy atom. The monoisotopic (exact) mass is 2200 g/mol. The molecule has 823 valence electrons. The number of nitrogens with one attached hydrogen (secondary N) is 3. The van der Waals surface area contributed by atoms with Crippen molar-refractivity contribution >= 4 is 62.0 Å². The van der Waals surface area contributed by atoms with Crippen molar-refractivity contribution in [2.24, 2.45) is 35.5 Å². The van der Waals surface area contributed by atoms with E-state index in [0.717, 1.165) is 113 Å². The van der Waals surface area contributed by atoms with Crippen LogP contribution in [0.25, 0.3) is 0 Å². The Bertz CT molecular complexity index is 5590. The Morgan fingerprint density at radius 1 is 0.490 bits per heavy atom. The van der Waals surface area contributed by atoms with Gasteiger partial charge in [0.1, 0.15) is 66.9 Å². The molecule has 5 N–H and O–H groups in total. The zero-order chi connectivity index (χ0) is 109. The molecule has 0 bridgehead atoms. The number of alkyl halides is 10. The fraction of sp³-hybridized carbons (Fsp3) is 0.767. The quantitative estimate of drug-likeness (QED) is 0.0143. The van der Waals surface area contributed by atoms with Crippen LogP contribution in [0.5, 0.6) is 0 Å². The number of rotatable bonds is 24. The van der Waals surface area contributed by atoms with E-state index < -0.39 is 239 Å². The van der Waals surface area contributed by atoms with Crippen LogP contribution >= 0.6 is 35.7 Å². The number of aliphatic hydroxyl groups is 2. The summed E-state index contributed by atoms with van der Waals surface area (Å²) < 4.78 is 284.